The van der Waals surface area contributed by atoms with Crippen LogP contribution in [0.3, 0.4) is 0 Å². The predicted octanol–water partition coefficient (Wildman–Crippen LogP) is 0.730. The van der Waals surface area contributed by atoms with Crippen LogP contribution < -0.4 is 0 Å². The molecule has 0 spiro atoms. The maximum absolute atomic E-state index is 11.9. The zero-order valence-corrected chi connectivity index (χ0v) is 9.83. The number of hydrogen-bond donors (Lipinski definition) is 0. The van der Waals surface area contributed by atoms with Gasteiger partial charge in [0.1, 0.15) is 6.17 Å². The average molecular weight is 232 g/mol. The first kappa shape index (κ1) is 12.4. The van der Waals surface area contributed by atoms with Gasteiger partial charge in [-0.05, 0) is 18.8 Å². The minimum atomic E-state index is -3.27. The Balaban J connectivity index is 2.82. The van der Waals surface area contributed by atoms with Crippen molar-refractivity contribution in [3.05, 3.63) is 0 Å². The molecule has 1 saturated heterocycles. The second kappa shape index (κ2) is 4.88. The van der Waals surface area contributed by atoms with E-state index in [1.165, 1.54) is 10.4 Å². The van der Waals surface area contributed by atoms with Crippen LogP contribution >= 0.6 is 0 Å². The number of carbonyl (C=O) groups excluding carboxylic acids is 1. The summed E-state index contributed by atoms with van der Waals surface area (Å²) in [5.74, 6) is 0.189. The highest BCUT2D eigenvalue weighted by atomic mass is 32.2. The number of sulfonamides is 1. The van der Waals surface area contributed by atoms with Crippen LogP contribution in [0.1, 0.15) is 26.7 Å². The molecule has 1 heterocycles. The zero-order chi connectivity index (χ0) is 11.5. The van der Waals surface area contributed by atoms with Crippen LogP contribution in [0, 0.1) is 5.92 Å². The fourth-order valence-corrected chi connectivity index (χ4v) is 3.72. The quantitative estimate of drug-likeness (QED) is 0.530. The van der Waals surface area contributed by atoms with Gasteiger partial charge in [0.15, 0.2) is 0 Å². The van der Waals surface area contributed by atoms with Gasteiger partial charge in [-0.25, -0.2) is 13.2 Å². The van der Waals surface area contributed by atoms with Gasteiger partial charge in [0.2, 0.25) is 16.1 Å². The van der Waals surface area contributed by atoms with Crippen molar-refractivity contribution in [2.24, 2.45) is 10.9 Å². The minimum absolute atomic E-state index is 0.0801. The fourth-order valence-electron chi connectivity index (χ4n) is 1.75. The Labute approximate surface area is 90.2 Å². The largest absolute Gasteiger partial charge is 0.236 e. The molecule has 1 unspecified atom stereocenters. The maximum Gasteiger partial charge on any atom is 0.236 e. The van der Waals surface area contributed by atoms with E-state index in [0.717, 1.165) is 6.42 Å². The van der Waals surface area contributed by atoms with Crippen molar-refractivity contribution in [1.82, 2.24) is 4.31 Å². The van der Waals surface area contributed by atoms with E-state index in [0.29, 0.717) is 13.0 Å². The third-order valence-corrected chi connectivity index (χ3v) is 4.50. The lowest BCUT2D eigenvalue weighted by atomic mass is 10.3. The van der Waals surface area contributed by atoms with Gasteiger partial charge in [-0.15, -0.1) is 0 Å². The Hall–Kier alpha value is -0.710. The Bertz CT molecular complexity index is 358. The summed E-state index contributed by atoms with van der Waals surface area (Å²) in [5, 5.41) is 0. The molecule has 1 atom stereocenters. The second-order valence-electron chi connectivity index (χ2n) is 4.13. The summed E-state index contributed by atoms with van der Waals surface area (Å²) >= 11 is 0. The number of nitrogens with zero attached hydrogens (tertiary/aromatic N) is 2. The molecule has 0 aromatic carbocycles. The van der Waals surface area contributed by atoms with Crippen LogP contribution in [0.4, 0.5) is 0 Å². The molecule has 86 valence electrons. The van der Waals surface area contributed by atoms with Crippen molar-refractivity contribution in [2.75, 3.05) is 12.3 Å². The second-order valence-corrected chi connectivity index (χ2v) is 6.09. The van der Waals surface area contributed by atoms with Gasteiger partial charge in [-0.3, -0.25) is 0 Å². The van der Waals surface area contributed by atoms with E-state index in [2.05, 4.69) is 4.99 Å². The zero-order valence-electron chi connectivity index (χ0n) is 9.01. The smallest absolute Gasteiger partial charge is 0.212 e. The number of isocyanates is 1. The van der Waals surface area contributed by atoms with Gasteiger partial charge < -0.3 is 0 Å². The minimum Gasteiger partial charge on any atom is -0.212 e. The van der Waals surface area contributed by atoms with Gasteiger partial charge in [0.25, 0.3) is 0 Å². The van der Waals surface area contributed by atoms with Crippen LogP contribution in [0.5, 0.6) is 0 Å². The molecule has 0 saturated carbocycles. The number of hydrogen-bond acceptors (Lipinski definition) is 4. The monoisotopic (exact) mass is 232 g/mol. The lowest BCUT2D eigenvalue weighted by Crippen LogP contribution is -2.37. The predicted molar refractivity (Wildman–Crippen MR) is 56.5 cm³/mol. The van der Waals surface area contributed by atoms with Crippen LogP contribution in [-0.2, 0) is 14.8 Å². The summed E-state index contributed by atoms with van der Waals surface area (Å²) in [6.45, 7) is 4.17. The average Bonchev–Trinajstić information content (AvgIpc) is 2.51. The van der Waals surface area contributed by atoms with Gasteiger partial charge in [-0.1, -0.05) is 13.8 Å². The molecule has 1 aliphatic rings. The van der Waals surface area contributed by atoms with Crippen molar-refractivity contribution in [3.8, 4) is 0 Å². The summed E-state index contributed by atoms with van der Waals surface area (Å²) < 4.78 is 25.0. The summed E-state index contributed by atoms with van der Waals surface area (Å²) in [6, 6.07) is 0. The van der Waals surface area contributed by atoms with Crippen LogP contribution in [0.15, 0.2) is 4.99 Å². The van der Waals surface area contributed by atoms with E-state index in [-0.39, 0.29) is 11.7 Å². The Morgan fingerprint density at radius 2 is 2.20 bits per heavy atom. The lowest BCUT2D eigenvalue weighted by Gasteiger charge is -2.20. The van der Waals surface area contributed by atoms with Gasteiger partial charge in [-0.2, -0.15) is 9.30 Å². The normalized spacial score (nSPS) is 23.0. The molecule has 0 radical (unpaired) electrons. The maximum atomic E-state index is 11.9. The van der Waals surface area contributed by atoms with Crippen LogP contribution in [0.25, 0.3) is 0 Å². The summed E-state index contributed by atoms with van der Waals surface area (Å²) in [7, 11) is -3.27. The molecule has 0 aliphatic carbocycles. The van der Waals surface area contributed by atoms with E-state index >= 15 is 0 Å². The molecule has 5 nitrogen and oxygen atoms in total. The molecular weight excluding hydrogens is 216 g/mol. The summed E-state index contributed by atoms with van der Waals surface area (Å²) in [6.07, 6.45) is 2.29. The molecule has 0 aromatic heterocycles. The topological polar surface area (TPSA) is 66.8 Å². The molecule has 15 heavy (non-hydrogen) atoms. The van der Waals surface area contributed by atoms with E-state index in [1.807, 2.05) is 13.8 Å². The highest BCUT2D eigenvalue weighted by Crippen LogP contribution is 2.22. The van der Waals surface area contributed by atoms with Crippen molar-refractivity contribution >= 4 is 16.1 Å². The Morgan fingerprint density at radius 3 is 2.73 bits per heavy atom. The van der Waals surface area contributed by atoms with E-state index in [4.69, 9.17) is 0 Å². The van der Waals surface area contributed by atoms with E-state index in [1.54, 1.807) is 0 Å². The van der Waals surface area contributed by atoms with Crippen molar-refractivity contribution in [3.63, 3.8) is 0 Å². The highest BCUT2D eigenvalue weighted by Gasteiger charge is 2.34. The van der Waals surface area contributed by atoms with Crippen molar-refractivity contribution < 1.29 is 13.2 Å². The van der Waals surface area contributed by atoms with Gasteiger partial charge in [0, 0.05) is 6.54 Å². The van der Waals surface area contributed by atoms with E-state index < -0.39 is 16.2 Å². The molecule has 0 amide bonds. The molecule has 0 N–H and O–H groups in total. The van der Waals surface area contributed by atoms with Crippen molar-refractivity contribution in [1.29, 1.82) is 0 Å². The van der Waals surface area contributed by atoms with Crippen molar-refractivity contribution in [2.45, 2.75) is 32.9 Å². The lowest BCUT2D eigenvalue weighted by molar-refractivity contribution is 0.392. The first-order chi connectivity index (χ1) is 6.97. The summed E-state index contributed by atoms with van der Waals surface area (Å²) in [5.41, 5.74) is 0. The molecule has 0 aromatic rings. The molecular formula is C9H16N2O3S. The molecule has 1 aliphatic heterocycles. The van der Waals surface area contributed by atoms with Gasteiger partial charge in [0.05, 0.1) is 5.75 Å². The van der Waals surface area contributed by atoms with Crippen LogP contribution in [-0.4, -0.2) is 37.3 Å². The molecule has 6 heteroatoms. The van der Waals surface area contributed by atoms with Crippen LogP contribution in [0.2, 0.25) is 0 Å². The highest BCUT2D eigenvalue weighted by molar-refractivity contribution is 7.89. The van der Waals surface area contributed by atoms with Gasteiger partial charge >= 0.3 is 0 Å². The fraction of sp³-hybridized carbons (Fsp3) is 0.889. The third-order valence-electron chi connectivity index (χ3n) is 2.28. The number of aliphatic imine (C=N–C) groups is 1. The molecule has 0 bridgehead atoms. The Kier molecular flexibility index (Phi) is 4.02. The Morgan fingerprint density at radius 1 is 1.53 bits per heavy atom. The first-order valence-electron chi connectivity index (χ1n) is 5.04. The third kappa shape index (κ3) is 3.12. The van der Waals surface area contributed by atoms with E-state index in [9.17, 15) is 13.2 Å². The SMILES string of the molecule is CC(C)CS(=O)(=O)N1CCCC1N=C=O. The first-order valence-corrected chi connectivity index (χ1v) is 6.65. The standard InChI is InChI=1S/C9H16N2O3S/c1-8(2)6-15(13,14)11-5-3-4-9(11)10-7-12/h8-9H,3-6H2,1-2H3. The number of rotatable bonds is 4. The molecule has 1 rings (SSSR count). The molecule has 1 fully saturated rings. The summed E-state index contributed by atoms with van der Waals surface area (Å²) in [4.78, 5) is 13.7.